The molecule has 100 valence electrons. The first-order chi connectivity index (χ1) is 8.17. The quantitative estimate of drug-likeness (QED) is 0.348. The molecule has 0 radical (unpaired) electrons. The Balaban J connectivity index is 3.92. The minimum Gasteiger partial charge on any atom is -0.493 e. The number of nitrogens with zero attached hydrogens (tertiary/aromatic N) is 1. The lowest BCUT2D eigenvalue weighted by atomic mass is 10.3. The summed E-state index contributed by atoms with van der Waals surface area (Å²) >= 11 is 0. The summed E-state index contributed by atoms with van der Waals surface area (Å²) in [5.41, 5.74) is 0.931. The van der Waals surface area contributed by atoms with Crippen molar-refractivity contribution in [1.29, 1.82) is 0 Å². The van der Waals surface area contributed by atoms with Crippen molar-refractivity contribution in [3.05, 3.63) is 24.1 Å². The maximum atomic E-state index is 8.76. The average molecular weight is 242 g/mol. The minimum absolute atomic E-state index is 0.0631. The molecule has 0 heterocycles. The van der Waals surface area contributed by atoms with E-state index in [4.69, 9.17) is 9.84 Å². The number of likely N-dealkylation sites (N-methyl/N-ethyl adjacent to an activating group) is 1. The number of aliphatic hydroxyl groups is 1. The van der Waals surface area contributed by atoms with Crippen molar-refractivity contribution in [1.82, 2.24) is 10.2 Å². The molecule has 0 rings (SSSR count). The van der Waals surface area contributed by atoms with E-state index in [1.165, 1.54) is 0 Å². The van der Waals surface area contributed by atoms with Crippen molar-refractivity contribution in [2.45, 2.75) is 27.2 Å². The van der Waals surface area contributed by atoms with Gasteiger partial charge < -0.3 is 20.1 Å². The van der Waals surface area contributed by atoms with Gasteiger partial charge in [0.2, 0.25) is 0 Å². The van der Waals surface area contributed by atoms with Crippen molar-refractivity contribution in [2.24, 2.45) is 0 Å². The van der Waals surface area contributed by atoms with Gasteiger partial charge >= 0.3 is 0 Å². The molecular weight excluding hydrogens is 216 g/mol. The second kappa shape index (κ2) is 10.2. The normalized spacial score (nSPS) is 11.7. The molecule has 2 N–H and O–H groups in total. The third kappa shape index (κ3) is 7.82. The first-order valence-electron chi connectivity index (χ1n) is 6.27. The van der Waals surface area contributed by atoms with Crippen LogP contribution in [-0.2, 0) is 4.74 Å². The Hall–Kier alpha value is -1.00. The zero-order valence-electron chi connectivity index (χ0n) is 11.3. The van der Waals surface area contributed by atoms with Gasteiger partial charge in [0.25, 0.3) is 0 Å². The molecule has 4 heteroatoms. The predicted octanol–water partition coefficient (Wildman–Crippen LogP) is 1.69. The number of nitrogens with one attached hydrogen (secondary N) is 1. The lowest BCUT2D eigenvalue weighted by molar-refractivity contribution is 0.172. The van der Waals surface area contributed by atoms with E-state index in [-0.39, 0.29) is 6.73 Å². The van der Waals surface area contributed by atoms with Crippen LogP contribution >= 0.6 is 0 Å². The van der Waals surface area contributed by atoms with E-state index in [2.05, 4.69) is 30.6 Å². The lowest BCUT2D eigenvalue weighted by Crippen LogP contribution is -2.26. The Morgan fingerprint density at radius 1 is 1.35 bits per heavy atom. The van der Waals surface area contributed by atoms with Gasteiger partial charge in [-0.2, -0.15) is 0 Å². The molecule has 0 saturated carbocycles. The molecule has 0 atom stereocenters. The minimum atomic E-state index is -0.0631. The number of rotatable bonds is 10. The average Bonchev–Trinajstić information content (AvgIpc) is 2.34. The second-order valence-corrected chi connectivity index (χ2v) is 3.70. The van der Waals surface area contributed by atoms with Crippen LogP contribution < -0.4 is 5.32 Å². The van der Waals surface area contributed by atoms with E-state index in [1.807, 2.05) is 13.0 Å². The third-order valence-corrected chi connectivity index (χ3v) is 2.61. The van der Waals surface area contributed by atoms with E-state index in [9.17, 15) is 0 Å². The second-order valence-electron chi connectivity index (χ2n) is 3.70. The number of allylic oxidation sites excluding steroid dienone is 2. The molecular formula is C13H26N2O2. The molecule has 0 aliphatic carbocycles. The Morgan fingerprint density at radius 2 is 2.00 bits per heavy atom. The van der Waals surface area contributed by atoms with Crippen LogP contribution in [0.1, 0.15) is 27.2 Å². The highest BCUT2D eigenvalue weighted by atomic mass is 16.5. The molecule has 0 saturated heterocycles. The first-order valence-corrected chi connectivity index (χ1v) is 6.27. The standard InChI is InChI=1S/C13H26N2O2/c1-5-13(14-11-16)10-12(4)17-9-8-15(6-2)7-3/h10,14,16H,4-9,11H2,1-3H3/b13-10+. The molecule has 0 amide bonds. The van der Waals surface area contributed by atoms with E-state index in [0.717, 1.165) is 31.8 Å². The zero-order valence-corrected chi connectivity index (χ0v) is 11.3. The van der Waals surface area contributed by atoms with Crippen molar-refractivity contribution < 1.29 is 9.84 Å². The van der Waals surface area contributed by atoms with Crippen LogP contribution in [0.3, 0.4) is 0 Å². The summed E-state index contributed by atoms with van der Waals surface area (Å²) in [6, 6.07) is 0. The number of ether oxygens (including phenoxy) is 1. The van der Waals surface area contributed by atoms with Crippen LogP contribution in [0, 0.1) is 0 Å². The summed E-state index contributed by atoms with van der Waals surface area (Å²) in [7, 11) is 0. The van der Waals surface area contributed by atoms with Crippen molar-refractivity contribution in [3.8, 4) is 0 Å². The number of hydrogen-bond acceptors (Lipinski definition) is 4. The van der Waals surface area contributed by atoms with Crippen molar-refractivity contribution in [2.75, 3.05) is 33.0 Å². The van der Waals surface area contributed by atoms with Crippen LogP contribution in [0.25, 0.3) is 0 Å². The van der Waals surface area contributed by atoms with E-state index < -0.39 is 0 Å². The molecule has 0 aliphatic rings. The van der Waals surface area contributed by atoms with Gasteiger partial charge in [0, 0.05) is 12.2 Å². The van der Waals surface area contributed by atoms with Crippen molar-refractivity contribution in [3.63, 3.8) is 0 Å². The van der Waals surface area contributed by atoms with Crippen LogP contribution in [0.2, 0.25) is 0 Å². The fraction of sp³-hybridized carbons (Fsp3) is 0.692. The number of aliphatic hydroxyl groups excluding tert-OH is 1. The predicted molar refractivity (Wildman–Crippen MR) is 71.5 cm³/mol. The molecule has 0 spiro atoms. The van der Waals surface area contributed by atoms with Gasteiger partial charge in [0.15, 0.2) is 0 Å². The maximum absolute atomic E-state index is 8.76. The van der Waals surface area contributed by atoms with Crippen LogP contribution in [0.5, 0.6) is 0 Å². The molecule has 0 aromatic heterocycles. The van der Waals surface area contributed by atoms with E-state index in [0.29, 0.717) is 12.4 Å². The fourth-order valence-electron chi connectivity index (χ4n) is 1.46. The summed E-state index contributed by atoms with van der Waals surface area (Å²) in [5.74, 6) is 0.634. The monoisotopic (exact) mass is 242 g/mol. The van der Waals surface area contributed by atoms with Gasteiger partial charge in [-0.05, 0) is 25.6 Å². The van der Waals surface area contributed by atoms with Crippen LogP contribution in [0.4, 0.5) is 0 Å². The van der Waals surface area contributed by atoms with Crippen LogP contribution in [0.15, 0.2) is 24.1 Å². The Kier molecular flexibility index (Phi) is 9.57. The Bertz CT molecular complexity index is 236. The first kappa shape index (κ1) is 16.0. The summed E-state index contributed by atoms with van der Waals surface area (Å²) in [6.45, 7) is 13.7. The van der Waals surface area contributed by atoms with Gasteiger partial charge in [-0.1, -0.05) is 27.4 Å². The van der Waals surface area contributed by atoms with E-state index >= 15 is 0 Å². The summed E-state index contributed by atoms with van der Waals surface area (Å²) < 4.78 is 5.52. The summed E-state index contributed by atoms with van der Waals surface area (Å²) in [5, 5.41) is 11.6. The molecule has 0 aromatic carbocycles. The van der Waals surface area contributed by atoms with Gasteiger partial charge in [-0.25, -0.2) is 0 Å². The highest BCUT2D eigenvalue weighted by Gasteiger charge is 2.00. The smallest absolute Gasteiger partial charge is 0.113 e. The Labute approximate surface area is 105 Å². The largest absolute Gasteiger partial charge is 0.493 e. The molecule has 0 aliphatic heterocycles. The van der Waals surface area contributed by atoms with Gasteiger partial charge in [0.1, 0.15) is 19.1 Å². The Morgan fingerprint density at radius 3 is 2.47 bits per heavy atom. The molecule has 4 nitrogen and oxygen atoms in total. The summed E-state index contributed by atoms with van der Waals surface area (Å²) in [4.78, 5) is 2.30. The highest BCUT2D eigenvalue weighted by molar-refractivity contribution is 5.14. The molecule has 0 bridgehead atoms. The maximum Gasteiger partial charge on any atom is 0.113 e. The number of hydrogen-bond donors (Lipinski definition) is 2. The lowest BCUT2D eigenvalue weighted by Gasteiger charge is -2.18. The van der Waals surface area contributed by atoms with E-state index in [1.54, 1.807) is 0 Å². The van der Waals surface area contributed by atoms with Gasteiger partial charge in [0.05, 0.1) is 0 Å². The molecule has 0 unspecified atom stereocenters. The highest BCUT2D eigenvalue weighted by Crippen LogP contribution is 2.03. The van der Waals surface area contributed by atoms with Crippen LogP contribution in [-0.4, -0.2) is 43.0 Å². The summed E-state index contributed by atoms with van der Waals surface area (Å²) in [6.07, 6.45) is 2.65. The zero-order chi connectivity index (χ0) is 13.1. The molecule has 0 fully saturated rings. The fourth-order valence-corrected chi connectivity index (χ4v) is 1.46. The third-order valence-electron chi connectivity index (χ3n) is 2.61. The van der Waals surface area contributed by atoms with Gasteiger partial charge in [-0.3, -0.25) is 0 Å². The SMILES string of the molecule is C=C(/C=C(\CC)NCO)OCCN(CC)CC. The molecule has 17 heavy (non-hydrogen) atoms. The topological polar surface area (TPSA) is 44.7 Å². The van der Waals surface area contributed by atoms with Crippen molar-refractivity contribution >= 4 is 0 Å². The van der Waals surface area contributed by atoms with Gasteiger partial charge in [-0.15, -0.1) is 0 Å². The molecule has 0 aromatic rings.